The number of nitrogens with one attached hydrogen (secondary N) is 1. The molecule has 0 spiro atoms. The Labute approximate surface area is 131 Å². The fourth-order valence-corrected chi connectivity index (χ4v) is 2.15. The van der Waals surface area contributed by atoms with Gasteiger partial charge in [0, 0.05) is 12.1 Å². The Balaban J connectivity index is 1.68. The number of aryl methyl sites for hydroxylation is 1. The molecule has 116 valence electrons. The number of benzene rings is 2. The van der Waals surface area contributed by atoms with Gasteiger partial charge in [0.1, 0.15) is 11.3 Å². The predicted molar refractivity (Wildman–Crippen MR) is 85.2 cm³/mol. The molecule has 0 atom stereocenters. The summed E-state index contributed by atoms with van der Waals surface area (Å²) in [5.74, 6) is -0.126. The molecule has 0 aliphatic heterocycles. The highest BCUT2D eigenvalue weighted by atomic mass is 16.3. The molecular formula is C16H14N4O3. The molecule has 0 unspecified atom stereocenters. The topological polar surface area (TPSA) is 97.1 Å². The molecule has 1 amide bonds. The summed E-state index contributed by atoms with van der Waals surface area (Å²) in [7, 11) is 0. The van der Waals surface area contributed by atoms with E-state index < -0.39 is 0 Å². The van der Waals surface area contributed by atoms with Crippen LogP contribution in [0.3, 0.4) is 0 Å². The minimum absolute atomic E-state index is 0.0911. The minimum Gasteiger partial charge on any atom is -0.508 e. The van der Waals surface area contributed by atoms with Crippen LogP contribution in [0.5, 0.6) is 5.75 Å². The van der Waals surface area contributed by atoms with Gasteiger partial charge in [0.15, 0.2) is 0 Å². The second-order valence-electron chi connectivity index (χ2n) is 4.98. The summed E-state index contributed by atoms with van der Waals surface area (Å²) in [6.45, 7) is 0.139. The Kier molecular flexibility index (Phi) is 4.01. The molecule has 0 saturated heterocycles. The van der Waals surface area contributed by atoms with Crippen LogP contribution < -0.4 is 10.9 Å². The Morgan fingerprint density at radius 1 is 1.13 bits per heavy atom. The molecule has 3 aromatic rings. The van der Waals surface area contributed by atoms with Crippen LogP contribution in [0, 0.1) is 0 Å². The zero-order chi connectivity index (χ0) is 16.2. The van der Waals surface area contributed by atoms with Crippen molar-refractivity contribution in [2.24, 2.45) is 0 Å². The predicted octanol–water partition coefficient (Wildman–Crippen LogP) is 1.53. The lowest BCUT2D eigenvalue weighted by Gasteiger charge is -2.06. The molecular weight excluding hydrogens is 296 g/mol. The summed E-state index contributed by atoms with van der Waals surface area (Å²) in [5, 5.41) is 20.2. The number of amides is 1. The first-order valence-corrected chi connectivity index (χ1v) is 7.05. The molecule has 0 fully saturated rings. The summed E-state index contributed by atoms with van der Waals surface area (Å²) in [5.41, 5.74) is 0.833. The van der Waals surface area contributed by atoms with Gasteiger partial charge in [-0.2, -0.15) is 0 Å². The van der Waals surface area contributed by atoms with Crippen LogP contribution in [0.2, 0.25) is 0 Å². The third-order valence-electron chi connectivity index (χ3n) is 3.33. The molecule has 0 aliphatic carbocycles. The zero-order valence-corrected chi connectivity index (χ0v) is 12.1. The molecule has 2 N–H and O–H groups in total. The molecule has 0 bridgehead atoms. The van der Waals surface area contributed by atoms with Gasteiger partial charge in [0.2, 0.25) is 5.91 Å². The molecule has 1 aromatic heterocycles. The fraction of sp³-hybridized carbons (Fsp3) is 0.125. The minimum atomic E-state index is -0.270. The van der Waals surface area contributed by atoms with Gasteiger partial charge >= 0.3 is 0 Å². The van der Waals surface area contributed by atoms with E-state index in [2.05, 4.69) is 15.6 Å². The van der Waals surface area contributed by atoms with Crippen LogP contribution in [0.4, 0.5) is 5.69 Å². The number of anilines is 1. The maximum atomic E-state index is 12.2. The SMILES string of the molecule is O=C(CCn1nnc2ccccc2c1=O)Nc1ccc(O)cc1. The van der Waals surface area contributed by atoms with Crippen molar-refractivity contribution in [2.75, 3.05) is 5.32 Å². The maximum absolute atomic E-state index is 12.2. The number of hydrogen-bond acceptors (Lipinski definition) is 5. The van der Waals surface area contributed by atoms with Gasteiger partial charge in [-0.15, -0.1) is 5.10 Å². The van der Waals surface area contributed by atoms with Gasteiger partial charge in [-0.1, -0.05) is 17.3 Å². The van der Waals surface area contributed by atoms with Gasteiger partial charge in [-0.3, -0.25) is 9.59 Å². The van der Waals surface area contributed by atoms with Crippen molar-refractivity contribution in [3.63, 3.8) is 0 Å². The molecule has 1 heterocycles. The number of aromatic hydroxyl groups is 1. The van der Waals surface area contributed by atoms with Gasteiger partial charge in [0.05, 0.1) is 11.9 Å². The lowest BCUT2D eigenvalue weighted by molar-refractivity contribution is -0.116. The lowest BCUT2D eigenvalue weighted by atomic mass is 10.2. The largest absolute Gasteiger partial charge is 0.508 e. The number of hydrogen-bond donors (Lipinski definition) is 2. The Bertz CT molecular complexity index is 903. The average molecular weight is 310 g/mol. The van der Waals surface area contributed by atoms with E-state index in [1.54, 1.807) is 36.4 Å². The van der Waals surface area contributed by atoms with Crippen LogP contribution in [0.15, 0.2) is 53.3 Å². The van der Waals surface area contributed by atoms with E-state index in [4.69, 9.17) is 0 Å². The molecule has 0 aliphatic rings. The van der Waals surface area contributed by atoms with E-state index >= 15 is 0 Å². The number of phenolic OH excluding ortho intramolecular Hbond substituents is 1. The molecule has 0 saturated carbocycles. The Morgan fingerprint density at radius 3 is 2.65 bits per heavy atom. The summed E-state index contributed by atoms with van der Waals surface area (Å²) < 4.78 is 1.18. The Hall–Kier alpha value is -3.22. The van der Waals surface area contributed by atoms with Crippen molar-refractivity contribution >= 4 is 22.5 Å². The van der Waals surface area contributed by atoms with Crippen molar-refractivity contribution < 1.29 is 9.90 Å². The maximum Gasteiger partial charge on any atom is 0.277 e. The van der Waals surface area contributed by atoms with E-state index in [1.165, 1.54) is 16.8 Å². The second-order valence-corrected chi connectivity index (χ2v) is 4.98. The van der Waals surface area contributed by atoms with Crippen molar-refractivity contribution in [1.29, 1.82) is 0 Å². The number of rotatable bonds is 4. The molecule has 23 heavy (non-hydrogen) atoms. The summed E-state index contributed by atoms with van der Waals surface area (Å²) in [6.07, 6.45) is 0.0911. The van der Waals surface area contributed by atoms with Crippen molar-refractivity contribution in [3.8, 4) is 5.75 Å². The average Bonchev–Trinajstić information content (AvgIpc) is 2.57. The van der Waals surface area contributed by atoms with Crippen LogP contribution in [0.1, 0.15) is 6.42 Å². The van der Waals surface area contributed by atoms with E-state index in [-0.39, 0.29) is 30.2 Å². The van der Waals surface area contributed by atoms with Crippen LogP contribution in [-0.4, -0.2) is 26.0 Å². The first kappa shape index (κ1) is 14.7. The van der Waals surface area contributed by atoms with Crippen molar-refractivity contribution in [3.05, 3.63) is 58.9 Å². The van der Waals surface area contributed by atoms with E-state index in [0.717, 1.165) is 0 Å². The van der Waals surface area contributed by atoms with Gasteiger partial charge in [-0.05, 0) is 36.4 Å². The van der Waals surface area contributed by atoms with Crippen molar-refractivity contribution in [1.82, 2.24) is 15.0 Å². The number of nitrogens with zero attached hydrogens (tertiary/aromatic N) is 3. The number of carbonyl (C=O) groups excluding carboxylic acids is 1. The third kappa shape index (κ3) is 3.34. The van der Waals surface area contributed by atoms with Crippen LogP contribution in [0.25, 0.3) is 10.9 Å². The molecule has 2 aromatic carbocycles. The highest BCUT2D eigenvalue weighted by molar-refractivity contribution is 5.90. The van der Waals surface area contributed by atoms with Crippen LogP contribution in [-0.2, 0) is 11.3 Å². The van der Waals surface area contributed by atoms with Gasteiger partial charge < -0.3 is 10.4 Å². The van der Waals surface area contributed by atoms with E-state index in [0.29, 0.717) is 16.6 Å². The number of carbonyl (C=O) groups is 1. The van der Waals surface area contributed by atoms with Crippen LogP contribution >= 0.6 is 0 Å². The second kappa shape index (κ2) is 6.27. The normalized spacial score (nSPS) is 10.6. The summed E-state index contributed by atoms with van der Waals surface area (Å²) in [4.78, 5) is 24.1. The van der Waals surface area contributed by atoms with Gasteiger partial charge in [-0.25, -0.2) is 4.68 Å². The number of fused-ring (bicyclic) bond motifs is 1. The summed E-state index contributed by atoms with van der Waals surface area (Å²) in [6, 6.07) is 13.1. The highest BCUT2D eigenvalue weighted by Crippen LogP contribution is 2.13. The fourth-order valence-electron chi connectivity index (χ4n) is 2.15. The number of phenols is 1. The molecule has 7 nitrogen and oxygen atoms in total. The standard InChI is InChI=1S/C16H14N4O3/c21-12-7-5-11(6-8-12)17-15(22)9-10-20-16(23)13-3-1-2-4-14(13)18-19-20/h1-8,21H,9-10H2,(H,17,22). The quantitative estimate of drug-likeness (QED) is 0.712. The molecule has 7 heteroatoms. The lowest BCUT2D eigenvalue weighted by Crippen LogP contribution is -2.26. The summed E-state index contributed by atoms with van der Waals surface area (Å²) >= 11 is 0. The number of aromatic nitrogens is 3. The highest BCUT2D eigenvalue weighted by Gasteiger charge is 2.08. The first-order valence-electron chi connectivity index (χ1n) is 7.05. The third-order valence-corrected chi connectivity index (χ3v) is 3.33. The molecule has 3 rings (SSSR count). The zero-order valence-electron chi connectivity index (χ0n) is 12.1. The van der Waals surface area contributed by atoms with E-state index in [1.807, 2.05) is 0 Å². The van der Waals surface area contributed by atoms with E-state index in [9.17, 15) is 14.7 Å². The Morgan fingerprint density at radius 2 is 1.87 bits per heavy atom. The van der Waals surface area contributed by atoms with Crippen molar-refractivity contribution in [2.45, 2.75) is 13.0 Å². The smallest absolute Gasteiger partial charge is 0.277 e. The van der Waals surface area contributed by atoms with Gasteiger partial charge in [0.25, 0.3) is 5.56 Å². The molecule has 0 radical (unpaired) electrons. The monoisotopic (exact) mass is 310 g/mol. The first-order chi connectivity index (χ1) is 11.1.